The van der Waals surface area contributed by atoms with Gasteiger partial charge in [0.1, 0.15) is 0 Å². The molecule has 0 unspecified atom stereocenters. The van der Waals surface area contributed by atoms with Crippen molar-refractivity contribution in [3.05, 3.63) is 39.4 Å². The summed E-state index contributed by atoms with van der Waals surface area (Å²) in [6.07, 6.45) is 6.13. The predicted octanol–water partition coefficient (Wildman–Crippen LogP) is 7.09. The molecule has 0 radical (unpaired) electrons. The van der Waals surface area contributed by atoms with Gasteiger partial charge in [0.2, 0.25) is 0 Å². The molecule has 0 fully saturated rings. The van der Waals surface area contributed by atoms with Crippen LogP contribution in [0.15, 0.2) is 21.8 Å². The monoisotopic (exact) mass is 374 g/mol. The highest BCUT2D eigenvalue weighted by Crippen LogP contribution is 2.38. The first-order chi connectivity index (χ1) is 12.8. The molecule has 2 rings (SSSR count). The summed E-state index contributed by atoms with van der Waals surface area (Å²) < 4.78 is 27.0. The number of allylic oxidation sites excluding steroid dienone is 3. The number of aliphatic imine (C=N–C) groups is 1. The molecule has 27 heavy (non-hydrogen) atoms. The van der Waals surface area contributed by atoms with Crippen molar-refractivity contribution in [3.63, 3.8) is 0 Å². The van der Waals surface area contributed by atoms with Crippen LogP contribution >= 0.6 is 0 Å². The first kappa shape index (κ1) is 21.7. The zero-order valence-corrected chi connectivity index (χ0v) is 17.7. The van der Waals surface area contributed by atoms with Gasteiger partial charge in [-0.05, 0) is 75.7 Å². The van der Waals surface area contributed by atoms with Crippen molar-refractivity contribution < 1.29 is 8.63 Å². The highest BCUT2D eigenvalue weighted by molar-refractivity contribution is 6.45. The summed E-state index contributed by atoms with van der Waals surface area (Å²) in [6.45, 7) is 12.5. The van der Waals surface area contributed by atoms with E-state index in [1.165, 1.54) is 11.1 Å². The van der Waals surface area contributed by atoms with Crippen LogP contribution in [-0.2, 0) is 6.42 Å². The van der Waals surface area contributed by atoms with E-state index in [0.717, 1.165) is 72.5 Å². The molecular formula is C22H33BF2N2. The molecule has 1 N–H and O–H groups in total. The molecule has 1 aliphatic rings. The Balaban J connectivity index is 2.57. The van der Waals surface area contributed by atoms with E-state index >= 15 is 0 Å². The van der Waals surface area contributed by atoms with Gasteiger partial charge >= 0.3 is 7.27 Å². The van der Waals surface area contributed by atoms with Gasteiger partial charge in [0.05, 0.1) is 5.70 Å². The number of unbranched alkanes of at least 4 members (excludes halogenated alkanes) is 2. The lowest BCUT2D eigenvalue weighted by molar-refractivity contribution is 0.664. The lowest BCUT2D eigenvalue weighted by atomic mass is 9.82. The van der Waals surface area contributed by atoms with E-state index < -0.39 is 7.27 Å². The maximum atomic E-state index is 13.5. The Bertz CT molecular complexity index is 770. The number of aromatic amines is 1. The Kier molecular flexibility index (Phi) is 7.63. The average molecular weight is 374 g/mol. The molecule has 148 valence electrons. The molecule has 5 heteroatoms. The second kappa shape index (κ2) is 9.52. The largest absolute Gasteiger partial charge is 0.542 e. The van der Waals surface area contributed by atoms with Crippen LogP contribution in [0, 0.1) is 13.8 Å². The molecule has 0 atom stereocenters. The summed E-state index contributed by atoms with van der Waals surface area (Å²) in [5, 5.41) is 0. The van der Waals surface area contributed by atoms with Crippen LogP contribution in [0.25, 0.3) is 5.57 Å². The number of hydrogen-bond donors (Lipinski definition) is 1. The number of rotatable bonds is 9. The van der Waals surface area contributed by atoms with Crippen LogP contribution in [0.3, 0.4) is 0 Å². The molecule has 0 aromatic carbocycles. The molecule has 0 bridgehead atoms. The minimum absolute atomic E-state index is 0.265. The van der Waals surface area contributed by atoms with Crippen molar-refractivity contribution in [2.75, 3.05) is 0 Å². The van der Waals surface area contributed by atoms with Gasteiger partial charge in [0, 0.05) is 29.0 Å². The van der Waals surface area contributed by atoms with Gasteiger partial charge in [0.25, 0.3) is 0 Å². The maximum absolute atomic E-state index is 13.5. The molecule has 1 aliphatic heterocycles. The van der Waals surface area contributed by atoms with E-state index in [-0.39, 0.29) is 6.32 Å². The number of hydrogen-bond acceptors (Lipinski definition) is 1. The first-order valence-corrected chi connectivity index (χ1v) is 10.3. The number of aryl methyl sites for hydroxylation is 1. The van der Waals surface area contributed by atoms with Crippen LogP contribution in [0.5, 0.6) is 0 Å². The molecule has 0 aliphatic carbocycles. The quantitative estimate of drug-likeness (QED) is 0.447. The maximum Gasteiger partial charge on any atom is 0.542 e. The van der Waals surface area contributed by atoms with Crippen LogP contribution in [0.2, 0.25) is 6.32 Å². The van der Waals surface area contributed by atoms with Gasteiger partial charge in [-0.3, -0.25) is 13.6 Å². The summed E-state index contributed by atoms with van der Waals surface area (Å²) >= 11 is 0. The van der Waals surface area contributed by atoms with Crippen LogP contribution in [-0.4, -0.2) is 18.0 Å². The van der Waals surface area contributed by atoms with E-state index in [0.29, 0.717) is 5.57 Å². The average Bonchev–Trinajstić information content (AvgIpc) is 3.05. The molecule has 0 amide bonds. The molecule has 1 aromatic rings. The summed E-state index contributed by atoms with van der Waals surface area (Å²) in [5.41, 5.74) is 9.01. The fraction of sp³-hybridized carbons (Fsp3) is 0.591. The Hall–Kier alpha value is -1.65. The van der Waals surface area contributed by atoms with Gasteiger partial charge in [-0.25, -0.2) is 0 Å². The molecule has 0 spiro atoms. The summed E-state index contributed by atoms with van der Waals surface area (Å²) in [6, 6.07) is 0. The highest BCUT2D eigenvalue weighted by Gasteiger charge is 2.27. The topological polar surface area (TPSA) is 28.1 Å². The van der Waals surface area contributed by atoms with Crippen LogP contribution < -0.4 is 0 Å². The van der Waals surface area contributed by atoms with Crippen LogP contribution in [0.1, 0.15) is 82.3 Å². The zero-order chi connectivity index (χ0) is 20.1. The SMILES string of the molecule is CCCCC1=C(C)/C(=C(\CB(F)F)c2[nH]c(C)c(CCCC)c2C)N=C1C. The Labute approximate surface area is 163 Å². The van der Waals surface area contributed by atoms with Gasteiger partial charge in [-0.15, -0.1) is 0 Å². The Morgan fingerprint density at radius 1 is 1.00 bits per heavy atom. The third kappa shape index (κ3) is 4.80. The highest BCUT2D eigenvalue weighted by atomic mass is 19.2. The van der Waals surface area contributed by atoms with E-state index in [1.807, 2.05) is 20.8 Å². The molecule has 0 saturated carbocycles. The van der Waals surface area contributed by atoms with E-state index in [4.69, 9.17) is 4.99 Å². The van der Waals surface area contributed by atoms with Crippen molar-refractivity contribution in [1.29, 1.82) is 0 Å². The number of aromatic nitrogens is 1. The van der Waals surface area contributed by atoms with Crippen molar-refractivity contribution in [1.82, 2.24) is 4.98 Å². The minimum Gasteiger partial charge on any atom is -0.358 e. The van der Waals surface area contributed by atoms with Crippen molar-refractivity contribution >= 4 is 18.6 Å². The van der Waals surface area contributed by atoms with Crippen molar-refractivity contribution in [2.24, 2.45) is 4.99 Å². The zero-order valence-electron chi connectivity index (χ0n) is 17.7. The molecule has 2 heterocycles. The summed E-state index contributed by atoms with van der Waals surface area (Å²) in [7, 11) is -2.39. The Morgan fingerprint density at radius 2 is 1.63 bits per heavy atom. The lowest BCUT2D eigenvalue weighted by Gasteiger charge is -2.11. The van der Waals surface area contributed by atoms with Gasteiger partial charge in [-0.2, -0.15) is 0 Å². The fourth-order valence-corrected chi connectivity index (χ4v) is 4.04. The smallest absolute Gasteiger partial charge is 0.358 e. The second-order valence-electron chi connectivity index (χ2n) is 7.66. The number of nitrogens with one attached hydrogen (secondary N) is 1. The number of H-pyrrole nitrogens is 1. The number of nitrogens with zero attached hydrogens (tertiary/aromatic N) is 1. The molecule has 1 aromatic heterocycles. The fourth-order valence-electron chi connectivity index (χ4n) is 4.04. The third-order valence-corrected chi connectivity index (χ3v) is 5.62. The molecule has 2 nitrogen and oxygen atoms in total. The normalized spacial score (nSPS) is 16.2. The van der Waals surface area contributed by atoms with Crippen LogP contribution in [0.4, 0.5) is 8.63 Å². The lowest BCUT2D eigenvalue weighted by Crippen LogP contribution is -2.02. The van der Waals surface area contributed by atoms with Gasteiger partial charge in [0.15, 0.2) is 0 Å². The molecule has 0 saturated heterocycles. The predicted molar refractivity (Wildman–Crippen MR) is 114 cm³/mol. The Morgan fingerprint density at radius 3 is 2.22 bits per heavy atom. The minimum atomic E-state index is -2.39. The first-order valence-electron chi connectivity index (χ1n) is 10.3. The van der Waals surface area contributed by atoms with Crippen molar-refractivity contribution in [2.45, 2.75) is 86.4 Å². The van der Waals surface area contributed by atoms with Gasteiger partial charge < -0.3 is 4.98 Å². The van der Waals surface area contributed by atoms with E-state index in [1.54, 1.807) is 0 Å². The molecular weight excluding hydrogens is 341 g/mol. The summed E-state index contributed by atoms with van der Waals surface area (Å²) in [5.74, 6) is 0. The third-order valence-electron chi connectivity index (χ3n) is 5.62. The standard InChI is InChI=1S/C22H33BF2N2/c1-7-9-11-18-14(3)21(26-16(18)5)20(13-23(24)25)22-15(4)19(12-10-8-2)17(6)27-22/h26H,7-13H2,1-6H3/b22-20-. The van der Waals surface area contributed by atoms with E-state index in [9.17, 15) is 8.63 Å². The van der Waals surface area contributed by atoms with E-state index in [2.05, 4.69) is 25.8 Å². The van der Waals surface area contributed by atoms with Crippen molar-refractivity contribution in [3.8, 4) is 0 Å². The van der Waals surface area contributed by atoms with Gasteiger partial charge in [-0.1, -0.05) is 26.7 Å². The second-order valence-corrected chi connectivity index (χ2v) is 7.66. The number of halogens is 2. The summed E-state index contributed by atoms with van der Waals surface area (Å²) in [4.78, 5) is 8.16.